The number of carbonyl (C=O) groups is 1. The highest BCUT2D eigenvalue weighted by atomic mass is 32.1. The molecule has 2 aromatic heterocycles. The molecule has 5 nitrogen and oxygen atoms in total. The maximum atomic E-state index is 13.1. The molecular formula is C23H21N3O2S. The molecule has 0 unspecified atom stereocenters. The minimum absolute atomic E-state index is 0.0411. The van der Waals surface area contributed by atoms with Gasteiger partial charge in [0.25, 0.3) is 0 Å². The molecule has 0 spiro atoms. The number of thiazole rings is 1. The van der Waals surface area contributed by atoms with Gasteiger partial charge in [-0.15, -0.1) is 11.3 Å². The summed E-state index contributed by atoms with van der Waals surface area (Å²) in [5, 5.41) is 2.62. The summed E-state index contributed by atoms with van der Waals surface area (Å²) >= 11 is 1.46. The van der Waals surface area contributed by atoms with Gasteiger partial charge in [0.15, 0.2) is 16.8 Å². The predicted octanol–water partition coefficient (Wildman–Crippen LogP) is 5.71. The van der Waals surface area contributed by atoms with Gasteiger partial charge < -0.3 is 4.42 Å². The van der Waals surface area contributed by atoms with Gasteiger partial charge in [-0.2, -0.15) is 0 Å². The second-order valence-corrected chi connectivity index (χ2v) is 7.66. The summed E-state index contributed by atoms with van der Waals surface area (Å²) < 4.78 is 5.86. The lowest BCUT2D eigenvalue weighted by Crippen LogP contribution is -2.26. The van der Waals surface area contributed by atoms with E-state index < -0.39 is 0 Å². The Bertz CT molecular complexity index is 1100. The fourth-order valence-corrected chi connectivity index (χ4v) is 3.82. The van der Waals surface area contributed by atoms with Crippen LogP contribution in [0.15, 0.2) is 70.6 Å². The van der Waals surface area contributed by atoms with Gasteiger partial charge in [-0.1, -0.05) is 48.0 Å². The molecule has 0 aliphatic heterocycles. The van der Waals surface area contributed by atoms with Crippen molar-refractivity contribution in [3.63, 3.8) is 0 Å². The zero-order valence-electron chi connectivity index (χ0n) is 16.3. The van der Waals surface area contributed by atoms with Crippen molar-refractivity contribution >= 4 is 28.1 Å². The summed E-state index contributed by atoms with van der Waals surface area (Å²) in [5.74, 6) is 1.22. The SMILES string of the molecule is Cc1ccc(-c2cnc(CCC(=O)N(c3ccccc3)c3nc(C)cs3)o2)cc1. The van der Waals surface area contributed by atoms with E-state index in [2.05, 4.69) is 9.97 Å². The number of para-hydroxylation sites is 1. The van der Waals surface area contributed by atoms with Crippen molar-refractivity contribution in [2.45, 2.75) is 26.7 Å². The van der Waals surface area contributed by atoms with Gasteiger partial charge in [-0.25, -0.2) is 9.97 Å². The lowest BCUT2D eigenvalue weighted by atomic mass is 10.1. The Hall–Kier alpha value is -3.25. The van der Waals surface area contributed by atoms with Crippen molar-refractivity contribution < 1.29 is 9.21 Å². The monoisotopic (exact) mass is 403 g/mol. The zero-order valence-corrected chi connectivity index (χ0v) is 17.1. The smallest absolute Gasteiger partial charge is 0.233 e. The van der Waals surface area contributed by atoms with E-state index in [1.54, 1.807) is 11.1 Å². The van der Waals surface area contributed by atoms with Crippen LogP contribution in [0.2, 0.25) is 0 Å². The number of rotatable bonds is 6. The number of aryl methyl sites for hydroxylation is 3. The molecule has 0 fully saturated rings. The zero-order chi connectivity index (χ0) is 20.2. The molecule has 0 atom stereocenters. The van der Waals surface area contributed by atoms with Crippen molar-refractivity contribution in [2.24, 2.45) is 0 Å². The minimum atomic E-state index is -0.0411. The van der Waals surface area contributed by atoms with Gasteiger partial charge in [0, 0.05) is 23.8 Å². The third-order valence-corrected chi connectivity index (χ3v) is 5.45. The highest BCUT2D eigenvalue weighted by molar-refractivity contribution is 7.14. The van der Waals surface area contributed by atoms with E-state index >= 15 is 0 Å². The van der Waals surface area contributed by atoms with Crippen LogP contribution >= 0.6 is 11.3 Å². The Kier molecular flexibility index (Phi) is 5.53. The van der Waals surface area contributed by atoms with Crippen LogP contribution in [0.25, 0.3) is 11.3 Å². The van der Waals surface area contributed by atoms with Crippen molar-refractivity contribution in [3.05, 3.63) is 83.3 Å². The van der Waals surface area contributed by atoms with Crippen LogP contribution in [0.5, 0.6) is 0 Å². The number of oxazole rings is 1. The summed E-state index contributed by atoms with van der Waals surface area (Å²) in [6, 6.07) is 17.7. The highest BCUT2D eigenvalue weighted by Crippen LogP contribution is 2.29. The molecule has 0 aliphatic carbocycles. The number of hydrogen-bond acceptors (Lipinski definition) is 5. The van der Waals surface area contributed by atoms with Crippen LogP contribution in [0.3, 0.4) is 0 Å². The van der Waals surface area contributed by atoms with E-state index in [4.69, 9.17) is 4.42 Å². The fourth-order valence-electron chi connectivity index (χ4n) is 2.99. The minimum Gasteiger partial charge on any atom is -0.441 e. The number of anilines is 2. The first kappa shape index (κ1) is 19.1. The second-order valence-electron chi connectivity index (χ2n) is 6.82. The first-order valence-electron chi connectivity index (χ1n) is 9.42. The molecule has 0 aliphatic rings. The van der Waals surface area contributed by atoms with Crippen LogP contribution in [-0.4, -0.2) is 15.9 Å². The van der Waals surface area contributed by atoms with Crippen molar-refractivity contribution in [1.29, 1.82) is 0 Å². The molecule has 0 radical (unpaired) electrons. The van der Waals surface area contributed by atoms with Crippen molar-refractivity contribution in [2.75, 3.05) is 4.90 Å². The largest absolute Gasteiger partial charge is 0.441 e. The number of aromatic nitrogens is 2. The van der Waals surface area contributed by atoms with Crippen LogP contribution in [0.1, 0.15) is 23.6 Å². The summed E-state index contributed by atoms with van der Waals surface area (Å²) in [7, 11) is 0. The maximum absolute atomic E-state index is 13.1. The molecule has 29 heavy (non-hydrogen) atoms. The maximum Gasteiger partial charge on any atom is 0.233 e. The lowest BCUT2D eigenvalue weighted by molar-refractivity contribution is -0.117. The summed E-state index contributed by atoms with van der Waals surface area (Å²) in [6.07, 6.45) is 2.42. The van der Waals surface area contributed by atoms with Crippen molar-refractivity contribution in [1.82, 2.24) is 9.97 Å². The Labute approximate surface area is 173 Å². The molecule has 4 rings (SSSR count). The standard InChI is InChI=1S/C23H21N3O2S/c1-16-8-10-18(11-9-16)20-14-24-21(28-20)12-13-22(27)26(19-6-4-3-5-7-19)23-25-17(2)15-29-23/h3-11,14-15H,12-13H2,1-2H3. The lowest BCUT2D eigenvalue weighted by Gasteiger charge is -2.19. The number of carbonyl (C=O) groups excluding carboxylic acids is 1. The molecule has 0 saturated carbocycles. The quantitative estimate of drug-likeness (QED) is 0.414. The highest BCUT2D eigenvalue weighted by Gasteiger charge is 2.21. The van der Waals surface area contributed by atoms with Crippen LogP contribution in [0.4, 0.5) is 10.8 Å². The van der Waals surface area contributed by atoms with Gasteiger partial charge in [-0.3, -0.25) is 9.69 Å². The normalized spacial score (nSPS) is 10.8. The number of hydrogen-bond donors (Lipinski definition) is 0. The summed E-state index contributed by atoms with van der Waals surface area (Å²) in [4.78, 5) is 23.6. The van der Waals surface area contributed by atoms with Gasteiger partial charge in [0.05, 0.1) is 17.6 Å². The van der Waals surface area contributed by atoms with Gasteiger partial charge in [0.1, 0.15) is 0 Å². The van der Waals surface area contributed by atoms with Gasteiger partial charge in [0.2, 0.25) is 5.91 Å². The van der Waals surface area contributed by atoms with E-state index in [-0.39, 0.29) is 12.3 Å². The third-order valence-electron chi connectivity index (χ3n) is 4.50. The molecule has 146 valence electrons. The first-order chi connectivity index (χ1) is 14.1. The fraction of sp³-hybridized carbons (Fsp3) is 0.174. The Balaban J connectivity index is 1.49. The Morgan fingerprint density at radius 3 is 2.52 bits per heavy atom. The summed E-state index contributed by atoms with van der Waals surface area (Å²) in [6.45, 7) is 3.97. The number of amides is 1. The second kappa shape index (κ2) is 8.41. The molecule has 2 aromatic carbocycles. The van der Waals surface area contributed by atoms with Gasteiger partial charge in [-0.05, 0) is 26.0 Å². The van der Waals surface area contributed by atoms with E-state index in [1.165, 1.54) is 16.9 Å². The average molecular weight is 404 g/mol. The molecule has 2 heterocycles. The van der Waals surface area contributed by atoms with Crippen LogP contribution in [-0.2, 0) is 11.2 Å². The van der Waals surface area contributed by atoms with Gasteiger partial charge >= 0.3 is 0 Å². The molecule has 0 N–H and O–H groups in total. The molecule has 1 amide bonds. The average Bonchev–Trinajstić information content (AvgIpc) is 3.37. The molecule has 6 heteroatoms. The van der Waals surface area contributed by atoms with Crippen LogP contribution < -0.4 is 4.90 Å². The predicted molar refractivity (Wildman–Crippen MR) is 115 cm³/mol. The van der Waals surface area contributed by atoms with E-state index in [0.717, 1.165) is 16.9 Å². The molecule has 4 aromatic rings. The third kappa shape index (κ3) is 4.43. The van der Waals surface area contributed by atoms with E-state index in [9.17, 15) is 4.79 Å². The van der Waals surface area contributed by atoms with Crippen molar-refractivity contribution in [3.8, 4) is 11.3 Å². The first-order valence-corrected chi connectivity index (χ1v) is 10.3. The molecule has 0 bridgehead atoms. The Morgan fingerprint density at radius 2 is 1.83 bits per heavy atom. The molecule has 0 saturated heterocycles. The van der Waals surface area contributed by atoms with E-state index in [0.29, 0.717) is 23.2 Å². The molecular weight excluding hydrogens is 382 g/mol. The topological polar surface area (TPSA) is 59.2 Å². The van der Waals surface area contributed by atoms with Crippen LogP contribution in [0, 0.1) is 13.8 Å². The summed E-state index contributed by atoms with van der Waals surface area (Å²) in [5.41, 5.74) is 3.87. The number of nitrogens with zero attached hydrogens (tertiary/aromatic N) is 3. The Morgan fingerprint density at radius 1 is 1.07 bits per heavy atom. The number of benzene rings is 2. The van der Waals surface area contributed by atoms with E-state index in [1.807, 2.05) is 73.8 Å².